The van der Waals surface area contributed by atoms with Crippen LogP contribution in [0.1, 0.15) is 0 Å². The van der Waals surface area contributed by atoms with Crippen molar-refractivity contribution < 1.29 is 0 Å². The molecule has 0 fully saturated rings. The van der Waals surface area contributed by atoms with Crippen LogP contribution >= 0.6 is 23.2 Å². The molecule has 1 heterocycles. The standard InChI is InChI=1S/C14H8Cl2N2O/c15-10-5-6-12-9(7-10)8-17-14(19)18(12)13-4-2-1-3-11(13)16/h1-8H. The second-order valence-corrected chi connectivity index (χ2v) is 4.87. The van der Waals surface area contributed by atoms with E-state index in [1.54, 1.807) is 30.3 Å². The van der Waals surface area contributed by atoms with Gasteiger partial charge in [0.25, 0.3) is 0 Å². The lowest BCUT2D eigenvalue weighted by Gasteiger charge is -2.10. The number of benzene rings is 2. The first kappa shape index (κ1) is 12.2. The first-order chi connectivity index (χ1) is 9.16. The van der Waals surface area contributed by atoms with Gasteiger partial charge < -0.3 is 0 Å². The fraction of sp³-hybridized carbons (Fsp3) is 0. The van der Waals surface area contributed by atoms with E-state index in [-0.39, 0.29) is 5.69 Å². The van der Waals surface area contributed by atoms with Crippen LogP contribution in [0, 0.1) is 0 Å². The molecule has 3 rings (SSSR count). The van der Waals surface area contributed by atoms with Crippen molar-refractivity contribution in [2.24, 2.45) is 0 Å². The Bertz CT molecular complexity index is 827. The Morgan fingerprint density at radius 1 is 1.05 bits per heavy atom. The predicted molar refractivity (Wildman–Crippen MR) is 77.4 cm³/mol. The van der Waals surface area contributed by atoms with E-state index in [1.165, 1.54) is 10.8 Å². The lowest BCUT2D eigenvalue weighted by molar-refractivity contribution is 0.960. The number of halogens is 2. The van der Waals surface area contributed by atoms with Gasteiger partial charge in [0.15, 0.2) is 0 Å². The molecule has 5 heteroatoms. The molecular weight excluding hydrogens is 283 g/mol. The van der Waals surface area contributed by atoms with Gasteiger partial charge in [0, 0.05) is 16.6 Å². The van der Waals surface area contributed by atoms with E-state index in [0.29, 0.717) is 15.7 Å². The second-order valence-electron chi connectivity index (χ2n) is 4.03. The quantitative estimate of drug-likeness (QED) is 0.685. The summed E-state index contributed by atoms with van der Waals surface area (Å²) in [6.45, 7) is 0. The van der Waals surface area contributed by atoms with Gasteiger partial charge in [0.1, 0.15) is 0 Å². The van der Waals surface area contributed by atoms with E-state index in [4.69, 9.17) is 23.2 Å². The third-order valence-electron chi connectivity index (χ3n) is 2.83. The zero-order chi connectivity index (χ0) is 13.4. The van der Waals surface area contributed by atoms with Crippen LogP contribution in [-0.4, -0.2) is 9.55 Å². The molecule has 0 atom stereocenters. The van der Waals surface area contributed by atoms with Crippen LogP contribution in [0.5, 0.6) is 0 Å². The molecule has 0 bridgehead atoms. The maximum absolute atomic E-state index is 12.0. The Morgan fingerprint density at radius 3 is 2.63 bits per heavy atom. The van der Waals surface area contributed by atoms with Crippen molar-refractivity contribution in [3.8, 4) is 5.69 Å². The number of para-hydroxylation sites is 1. The zero-order valence-electron chi connectivity index (χ0n) is 9.68. The van der Waals surface area contributed by atoms with Crippen molar-refractivity contribution in [2.75, 3.05) is 0 Å². The third kappa shape index (κ3) is 2.11. The molecule has 3 nitrogen and oxygen atoms in total. The molecule has 0 saturated carbocycles. The number of aromatic nitrogens is 2. The second kappa shape index (κ2) is 4.68. The maximum atomic E-state index is 12.0. The molecule has 0 aliphatic carbocycles. The monoisotopic (exact) mass is 290 g/mol. The molecule has 0 aliphatic rings. The summed E-state index contributed by atoms with van der Waals surface area (Å²) in [5.74, 6) is 0. The van der Waals surface area contributed by atoms with Gasteiger partial charge in [-0.05, 0) is 30.3 Å². The van der Waals surface area contributed by atoms with E-state index in [9.17, 15) is 4.79 Å². The summed E-state index contributed by atoms with van der Waals surface area (Å²) in [4.78, 5) is 15.9. The van der Waals surface area contributed by atoms with Gasteiger partial charge >= 0.3 is 5.69 Å². The Hall–Kier alpha value is -1.84. The van der Waals surface area contributed by atoms with E-state index in [0.717, 1.165) is 10.9 Å². The molecule has 94 valence electrons. The van der Waals surface area contributed by atoms with Crippen LogP contribution in [0.25, 0.3) is 16.6 Å². The highest BCUT2D eigenvalue weighted by Crippen LogP contribution is 2.23. The minimum atomic E-state index is -0.372. The van der Waals surface area contributed by atoms with Crippen LogP contribution in [0.3, 0.4) is 0 Å². The van der Waals surface area contributed by atoms with E-state index < -0.39 is 0 Å². The molecule has 1 aromatic heterocycles. The highest BCUT2D eigenvalue weighted by molar-refractivity contribution is 6.32. The summed E-state index contributed by atoms with van der Waals surface area (Å²) < 4.78 is 1.48. The Balaban J connectivity index is 2.44. The van der Waals surface area contributed by atoms with Crippen molar-refractivity contribution in [1.82, 2.24) is 9.55 Å². The average molecular weight is 291 g/mol. The summed E-state index contributed by atoms with van der Waals surface area (Å²) in [7, 11) is 0. The molecule has 2 aromatic carbocycles. The van der Waals surface area contributed by atoms with Gasteiger partial charge in [0.2, 0.25) is 0 Å². The van der Waals surface area contributed by atoms with Crippen molar-refractivity contribution in [2.45, 2.75) is 0 Å². The number of fused-ring (bicyclic) bond motifs is 1. The molecule has 0 radical (unpaired) electrons. The predicted octanol–water partition coefficient (Wildman–Crippen LogP) is 3.69. The molecule has 0 saturated heterocycles. The normalized spacial score (nSPS) is 10.8. The smallest absolute Gasteiger partial charge is 0.259 e. The van der Waals surface area contributed by atoms with Gasteiger partial charge in [-0.2, -0.15) is 0 Å². The highest BCUT2D eigenvalue weighted by Gasteiger charge is 2.09. The third-order valence-corrected chi connectivity index (χ3v) is 3.38. The Morgan fingerprint density at radius 2 is 1.84 bits per heavy atom. The number of hydrogen-bond donors (Lipinski definition) is 0. The molecule has 0 spiro atoms. The molecule has 3 aromatic rings. The number of rotatable bonds is 1. The Kier molecular flexibility index (Phi) is 3.01. The van der Waals surface area contributed by atoms with Crippen LogP contribution in [0.2, 0.25) is 10.0 Å². The van der Waals surface area contributed by atoms with E-state index in [1.807, 2.05) is 12.1 Å². The highest BCUT2D eigenvalue weighted by atomic mass is 35.5. The zero-order valence-corrected chi connectivity index (χ0v) is 11.2. The first-order valence-electron chi connectivity index (χ1n) is 5.59. The van der Waals surface area contributed by atoms with Crippen molar-refractivity contribution in [3.63, 3.8) is 0 Å². The summed E-state index contributed by atoms with van der Waals surface area (Å²) in [5, 5.41) is 1.87. The molecule has 0 aliphatic heterocycles. The van der Waals surface area contributed by atoms with Crippen LogP contribution in [-0.2, 0) is 0 Å². The number of hydrogen-bond acceptors (Lipinski definition) is 2. The topological polar surface area (TPSA) is 34.9 Å². The first-order valence-corrected chi connectivity index (χ1v) is 6.34. The SMILES string of the molecule is O=c1ncc2cc(Cl)ccc2n1-c1ccccc1Cl. The molecular formula is C14H8Cl2N2O. The van der Waals surface area contributed by atoms with E-state index in [2.05, 4.69) is 4.98 Å². The lowest BCUT2D eigenvalue weighted by atomic mass is 10.2. The van der Waals surface area contributed by atoms with Gasteiger partial charge in [-0.1, -0.05) is 35.3 Å². The van der Waals surface area contributed by atoms with Crippen molar-refractivity contribution in [3.05, 3.63) is 69.2 Å². The van der Waals surface area contributed by atoms with Crippen LogP contribution < -0.4 is 5.69 Å². The minimum Gasteiger partial charge on any atom is -0.259 e. The number of nitrogens with zero attached hydrogens (tertiary/aromatic N) is 2. The fourth-order valence-electron chi connectivity index (χ4n) is 1.98. The van der Waals surface area contributed by atoms with Crippen LogP contribution in [0.4, 0.5) is 0 Å². The van der Waals surface area contributed by atoms with Gasteiger partial charge in [-0.3, -0.25) is 4.57 Å². The van der Waals surface area contributed by atoms with Crippen molar-refractivity contribution in [1.29, 1.82) is 0 Å². The molecule has 0 unspecified atom stereocenters. The van der Waals surface area contributed by atoms with Gasteiger partial charge in [-0.25, -0.2) is 9.78 Å². The largest absolute Gasteiger partial charge is 0.352 e. The minimum absolute atomic E-state index is 0.372. The molecule has 0 amide bonds. The van der Waals surface area contributed by atoms with Crippen LogP contribution in [0.15, 0.2) is 53.5 Å². The lowest BCUT2D eigenvalue weighted by Crippen LogP contribution is -2.21. The summed E-state index contributed by atoms with van der Waals surface area (Å²) >= 11 is 12.1. The Labute approximate surface area is 119 Å². The summed E-state index contributed by atoms with van der Waals surface area (Å²) in [6, 6.07) is 12.4. The van der Waals surface area contributed by atoms with Crippen molar-refractivity contribution >= 4 is 34.1 Å². The summed E-state index contributed by atoms with van der Waals surface area (Å²) in [6.07, 6.45) is 1.51. The molecule has 19 heavy (non-hydrogen) atoms. The van der Waals surface area contributed by atoms with Gasteiger partial charge in [0.05, 0.1) is 16.2 Å². The average Bonchev–Trinajstić information content (AvgIpc) is 2.40. The van der Waals surface area contributed by atoms with E-state index >= 15 is 0 Å². The molecule has 0 N–H and O–H groups in total. The van der Waals surface area contributed by atoms with Gasteiger partial charge in [-0.15, -0.1) is 0 Å². The fourth-order valence-corrected chi connectivity index (χ4v) is 2.38. The maximum Gasteiger partial charge on any atom is 0.352 e. The summed E-state index contributed by atoms with van der Waals surface area (Å²) in [5.41, 5.74) is 0.954.